The second-order valence-electron chi connectivity index (χ2n) is 7.13. The number of thiazole rings is 1. The van der Waals surface area contributed by atoms with Gasteiger partial charge in [-0.15, -0.1) is 11.3 Å². The lowest BCUT2D eigenvalue weighted by Gasteiger charge is -2.12. The molecule has 33 heavy (non-hydrogen) atoms. The standard InChI is InChI=1S/C23H21F3N2O4S/c1-13-10-17(6-9-19(13)31-12-21(29)30)14(2)28-32-11-20-15(3)27-22(33-20)16-4-7-18(8-5-16)23(24,25)26/h4-10,28H,2,11-12H2,1,3H3,(H,29,30). The Hall–Kier alpha value is -3.37. The number of nitrogens with zero attached hydrogens (tertiary/aromatic N) is 1. The first-order valence-corrected chi connectivity index (χ1v) is 10.5. The van der Waals surface area contributed by atoms with Crippen LogP contribution in [-0.4, -0.2) is 22.7 Å². The zero-order chi connectivity index (χ0) is 24.2. The van der Waals surface area contributed by atoms with Crippen LogP contribution in [0.25, 0.3) is 16.3 Å². The van der Waals surface area contributed by atoms with E-state index in [-0.39, 0.29) is 6.61 Å². The molecule has 0 aliphatic heterocycles. The van der Waals surface area contributed by atoms with Crippen LogP contribution in [-0.2, 0) is 22.4 Å². The summed E-state index contributed by atoms with van der Waals surface area (Å²) in [6.07, 6.45) is -4.38. The smallest absolute Gasteiger partial charge is 0.416 e. The van der Waals surface area contributed by atoms with Crippen molar-refractivity contribution in [1.29, 1.82) is 0 Å². The Morgan fingerprint density at radius 2 is 1.88 bits per heavy atom. The van der Waals surface area contributed by atoms with E-state index in [1.165, 1.54) is 23.5 Å². The zero-order valence-corrected chi connectivity index (χ0v) is 18.6. The number of carbonyl (C=O) groups is 1. The van der Waals surface area contributed by atoms with Crippen molar-refractivity contribution in [1.82, 2.24) is 10.5 Å². The summed E-state index contributed by atoms with van der Waals surface area (Å²) < 4.78 is 43.5. The Morgan fingerprint density at radius 1 is 1.18 bits per heavy atom. The first-order chi connectivity index (χ1) is 15.5. The van der Waals surface area contributed by atoms with E-state index in [9.17, 15) is 18.0 Å². The number of aliphatic carboxylic acids is 1. The minimum atomic E-state index is -4.38. The number of alkyl halides is 3. The molecule has 1 aromatic heterocycles. The molecular weight excluding hydrogens is 457 g/mol. The molecule has 0 fully saturated rings. The second kappa shape index (κ2) is 10.1. The fourth-order valence-electron chi connectivity index (χ4n) is 2.87. The lowest BCUT2D eigenvalue weighted by atomic mass is 10.1. The van der Waals surface area contributed by atoms with Crippen molar-refractivity contribution in [3.63, 3.8) is 0 Å². The number of aromatic nitrogens is 1. The Balaban J connectivity index is 1.59. The summed E-state index contributed by atoms with van der Waals surface area (Å²) in [5, 5.41) is 9.32. The number of ether oxygens (including phenoxy) is 1. The molecule has 0 saturated carbocycles. The number of hydrogen-bond acceptors (Lipinski definition) is 6. The molecule has 6 nitrogen and oxygen atoms in total. The van der Waals surface area contributed by atoms with Crippen molar-refractivity contribution in [3.8, 4) is 16.3 Å². The lowest BCUT2D eigenvalue weighted by Crippen LogP contribution is -2.13. The number of carboxylic acid groups (broad SMARTS) is 1. The van der Waals surface area contributed by atoms with Crippen molar-refractivity contribution in [2.45, 2.75) is 26.6 Å². The first kappa shape index (κ1) is 24.3. The van der Waals surface area contributed by atoms with Gasteiger partial charge in [0.05, 0.1) is 21.8 Å². The van der Waals surface area contributed by atoms with Gasteiger partial charge >= 0.3 is 12.1 Å². The lowest BCUT2D eigenvalue weighted by molar-refractivity contribution is -0.139. The molecule has 174 valence electrons. The minimum absolute atomic E-state index is 0.182. The van der Waals surface area contributed by atoms with Gasteiger partial charge in [0.25, 0.3) is 0 Å². The topological polar surface area (TPSA) is 80.7 Å². The number of halogens is 3. The highest BCUT2D eigenvalue weighted by atomic mass is 32.1. The van der Waals surface area contributed by atoms with Crippen molar-refractivity contribution in [3.05, 3.63) is 76.3 Å². The van der Waals surface area contributed by atoms with E-state index in [0.29, 0.717) is 22.0 Å². The van der Waals surface area contributed by atoms with Crippen LogP contribution in [0.4, 0.5) is 13.2 Å². The molecule has 0 aliphatic carbocycles. The van der Waals surface area contributed by atoms with Gasteiger partial charge in [0.2, 0.25) is 0 Å². The second-order valence-corrected chi connectivity index (χ2v) is 8.22. The number of nitrogens with one attached hydrogen (secondary N) is 1. The van der Waals surface area contributed by atoms with E-state index in [1.54, 1.807) is 32.0 Å². The molecule has 2 aromatic carbocycles. The van der Waals surface area contributed by atoms with Crippen LogP contribution < -0.4 is 10.2 Å². The number of rotatable bonds is 9. The molecule has 2 N–H and O–H groups in total. The molecule has 0 amide bonds. The van der Waals surface area contributed by atoms with E-state index in [2.05, 4.69) is 17.0 Å². The van der Waals surface area contributed by atoms with Gasteiger partial charge in [-0.3, -0.25) is 10.3 Å². The van der Waals surface area contributed by atoms with Gasteiger partial charge in [-0.05, 0) is 55.3 Å². The quantitative estimate of drug-likeness (QED) is 0.390. The van der Waals surface area contributed by atoms with Crippen LogP contribution in [0.3, 0.4) is 0 Å². The maximum atomic E-state index is 12.8. The minimum Gasteiger partial charge on any atom is -0.482 e. The fraction of sp³-hybridized carbons (Fsp3) is 0.217. The van der Waals surface area contributed by atoms with E-state index < -0.39 is 24.3 Å². The number of carboxylic acids is 1. The predicted molar refractivity (Wildman–Crippen MR) is 119 cm³/mol. The highest BCUT2D eigenvalue weighted by Crippen LogP contribution is 2.33. The molecule has 0 aliphatic rings. The molecular formula is C23H21F3N2O4S. The predicted octanol–water partition coefficient (Wildman–Crippen LogP) is 5.60. The van der Waals surface area contributed by atoms with Gasteiger partial charge in [0.1, 0.15) is 17.4 Å². The van der Waals surface area contributed by atoms with Crippen LogP contribution in [0, 0.1) is 13.8 Å². The Morgan fingerprint density at radius 3 is 2.48 bits per heavy atom. The average molecular weight is 478 g/mol. The largest absolute Gasteiger partial charge is 0.482 e. The first-order valence-electron chi connectivity index (χ1n) is 9.71. The Bertz CT molecular complexity index is 1160. The molecule has 1 heterocycles. The van der Waals surface area contributed by atoms with Crippen molar-refractivity contribution >= 4 is 23.0 Å². The van der Waals surface area contributed by atoms with Crippen LogP contribution in [0.15, 0.2) is 49.0 Å². The highest BCUT2D eigenvalue weighted by Gasteiger charge is 2.30. The van der Waals surface area contributed by atoms with Crippen molar-refractivity contribution in [2.24, 2.45) is 0 Å². The third-order valence-corrected chi connectivity index (χ3v) is 5.81. The van der Waals surface area contributed by atoms with Crippen LogP contribution in [0.1, 0.15) is 27.3 Å². The molecule has 0 saturated heterocycles. The van der Waals surface area contributed by atoms with Gasteiger partial charge in [0, 0.05) is 5.56 Å². The normalized spacial score (nSPS) is 11.3. The van der Waals surface area contributed by atoms with Crippen LogP contribution in [0.5, 0.6) is 5.75 Å². The number of aryl methyl sites for hydroxylation is 2. The molecule has 0 atom stereocenters. The van der Waals surface area contributed by atoms with Gasteiger partial charge in [0.15, 0.2) is 6.61 Å². The molecule has 0 spiro atoms. The molecule has 0 radical (unpaired) electrons. The number of hydroxylamine groups is 1. The zero-order valence-electron chi connectivity index (χ0n) is 17.8. The molecule has 10 heteroatoms. The van der Waals surface area contributed by atoms with Crippen molar-refractivity contribution < 1.29 is 32.6 Å². The number of hydrogen-bond donors (Lipinski definition) is 2. The maximum absolute atomic E-state index is 12.8. The van der Waals surface area contributed by atoms with Gasteiger partial charge in [-0.2, -0.15) is 13.2 Å². The van der Waals surface area contributed by atoms with Gasteiger partial charge < -0.3 is 9.84 Å². The van der Waals surface area contributed by atoms with Crippen LogP contribution in [0.2, 0.25) is 0 Å². The summed E-state index contributed by atoms with van der Waals surface area (Å²) in [5.74, 6) is -0.594. The fourth-order valence-corrected chi connectivity index (χ4v) is 3.85. The maximum Gasteiger partial charge on any atom is 0.416 e. The third kappa shape index (κ3) is 6.33. The molecule has 3 rings (SSSR count). The summed E-state index contributed by atoms with van der Waals surface area (Å²) >= 11 is 1.33. The monoisotopic (exact) mass is 478 g/mol. The summed E-state index contributed by atoms with van der Waals surface area (Å²) in [4.78, 5) is 21.4. The third-order valence-electron chi connectivity index (χ3n) is 4.63. The van der Waals surface area contributed by atoms with E-state index in [1.807, 2.05) is 0 Å². The molecule has 0 unspecified atom stereocenters. The summed E-state index contributed by atoms with van der Waals surface area (Å²) in [6.45, 7) is 7.28. The summed E-state index contributed by atoms with van der Waals surface area (Å²) in [7, 11) is 0. The van der Waals surface area contributed by atoms with Crippen LogP contribution >= 0.6 is 11.3 Å². The van der Waals surface area contributed by atoms with Crippen molar-refractivity contribution in [2.75, 3.05) is 6.61 Å². The molecule has 0 bridgehead atoms. The number of benzene rings is 2. The SMILES string of the molecule is C=C(NOCc1sc(-c2ccc(C(F)(F)F)cc2)nc1C)c1ccc(OCC(=O)O)c(C)c1. The summed E-state index contributed by atoms with van der Waals surface area (Å²) in [5.41, 5.74) is 5.36. The highest BCUT2D eigenvalue weighted by molar-refractivity contribution is 7.15. The Labute approximate surface area is 192 Å². The van der Waals surface area contributed by atoms with E-state index >= 15 is 0 Å². The van der Waals surface area contributed by atoms with Gasteiger partial charge in [-0.25, -0.2) is 9.78 Å². The average Bonchev–Trinajstić information content (AvgIpc) is 3.12. The summed E-state index contributed by atoms with van der Waals surface area (Å²) in [6, 6.07) is 10.0. The van der Waals surface area contributed by atoms with E-state index in [4.69, 9.17) is 14.7 Å². The Kier molecular flexibility index (Phi) is 7.39. The molecule has 3 aromatic rings. The van der Waals surface area contributed by atoms with E-state index in [0.717, 1.165) is 33.8 Å². The van der Waals surface area contributed by atoms with Gasteiger partial charge in [-0.1, -0.05) is 18.7 Å².